The smallest absolute Gasteiger partial charge is 0.307 e. The summed E-state index contributed by atoms with van der Waals surface area (Å²) in [6.07, 6.45) is 15.7. The van der Waals surface area contributed by atoms with Crippen molar-refractivity contribution in [2.75, 3.05) is 46.6 Å². The number of esters is 1. The van der Waals surface area contributed by atoms with Crippen LogP contribution in [0.3, 0.4) is 0 Å². The Bertz CT molecular complexity index is 403. The standard InChI is InChI=1S/C24H47NO5/c1-4-5-6-7-8-9-10-11-12-13-14-15-19-30-24(27)16-17-25(23(2)26)18-20-29-22-21-28-3/h4-22H2,1-3H3. The third-order valence-electron chi connectivity index (χ3n) is 5.23. The molecule has 0 bridgehead atoms. The largest absolute Gasteiger partial charge is 0.466 e. The fourth-order valence-corrected chi connectivity index (χ4v) is 3.27. The normalized spacial score (nSPS) is 10.9. The predicted molar refractivity (Wildman–Crippen MR) is 122 cm³/mol. The molecule has 0 aliphatic rings. The lowest BCUT2D eigenvalue weighted by atomic mass is 10.1. The molecule has 0 N–H and O–H groups in total. The minimum atomic E-state index is -0.232. The van der Waals surface area contributed by atoms with E-state index in [2.05, 4.69) is 6.92 Å². The molecule has 178 valence electrons. The molecule has 30 heavy (non-hydrogen) atoms. The van der Waals surface area contributed by atoms with Crippen molar-refractivity contribution in [3.05, 3.63) is 0 Å². The highest BCUT2D eigenvalue weighted by atomic mass is 16.5. The van der Waals surface area contributed by atoms with Gasteiger partial charge < -0.3 is 19.1 Å². The van der Waals surface area contributed by atoms with Crippen LogP contribution >= 0.6 is 0 Å². The van der Waals surface area contributed by atoms with Crippen molar-refractivity contribution in [3.8, 4) is 0 Å². The van der Waals surface area contributed by atoms with Gasteiger partial charge in [-0.1, -0.05) is 77.6 Å². The van der Waals surface area contributed by atoms with Gasteiger partial charge in [-0.2, -0.15) is 0 Å². The molecule has 0 saturated carbocycles. The van der Waals surface area contributed by atoms with Gasteiger partial charge in [-0.15, -0.1) is 0 Å². The maximum atomic E-state index is 11.9. The molecule has 0 rings (SSSR count). The average molecular weight is 430 g/mol. The first-order valence-corrected chi connectivity index (χ1v) is 12.1. The molecule has 6 heteroatoms. The molecule has 0 spiro atoms. The van der Waals surface area contributed by atoms with Crippen LogP contribution in [0.15, 0.2) is 0 Å². The number of ether oxygens (including phenoxy) is 3. The van der Waals surface area contributed by atoms with Gasteiger partial charge in [0.2, 0.25) is 5.91 Å². The summed E-state index contributed by atoms with van der Waals surface area (Å²) in [5, 5.41) is 0. The van der Waals surface area contributed by atoms with Crippen LogP contribution in [0, 0.1) is 0 Å². The van der Waals surface area contributed by atoms with Gasteiger partial charge in [0.15, 0.2) is 0 Å². The van der Waals surface area contributed by atoms with Crippen molar-refractivity contribution >= 4 is 11.9 Å². The fourth-order valence-electron chi connectivity index (χ4n) is 3.27. The second kappa shape index (κ2) is 22.5. The highest BCUT2D eigenvalue weighted by Crippen LogP contribution is 2.12. The van der Waals surface area contributed by atoms with Gasteiger partial charge in [0, 0.05) is 27.1 Å². The van der Waals surface area contributed by atoms with E-state index in [9.17, 15) is 9.59 Å². The van der Waals surface area contributed by atoms with E-state index in [1.165, 1.54) is 71.1 Å². The zero-order valence-electron chi connectivity index (χ0n) is 19.9. The van der Waals surface area contributed by atoms with Crippen molar-refractivity contribution in [1.82, 2.24) is 4.90 Å². The molecule has 0 aromatic carbocycles. The number of carbonyl (C=O) groups excluding carboxylic acids is 2. The Balaban J connectivity index is 3.51. The lowest BCUT2D eigenvalue weighted by molar-refractivity contribution is -0.144. The minimum absolute atomic E-state index is 0.0564. The number of hydrogen-bond donors (Lipinski definition) is 0. The lowest BCUT2D eigenvalue weighted by Gasteiger charge is -2.20. The fraction of sp³-hybridized carbons (Fsp3) is 0.917. The first kappa shape index (κ1) is 28.9. The summed E-state index contributed by atoms with van der Waals surface area (Å²) in [5.74, 6) is -0.288. The lowest BCUT2D eigenvalue weighted by Crippen LogP contribution is -2.34. The summed E-state index contributed by atoms with van der Waals surface area (Å²) in [5.41, 5.74) is 0. The maximum absolute atomic E-state index is 11.9. The number of methoxy groups -OCH3 is 1. The van der Waals surface area contributed by atoms with E-state index in [0.29, 0.717) is 39.5 Å². The number of carbonyl (C=O) groups is 2. The van der Waals surface area contributed by atoms with Crippen LogP contribution < -0.4 is 0 Å². The Kier molecular flexibility index (Phi) is 21.7. The first-order chi connectivity index (χ1) is 14.6. The van der Waals surface area contributed by atoms with Gasteiger partial charge in [-0.3, -0.25) is 9.59 Å². The Morgan fingerprint density at radius 2 is 1.27 bits per heavy atom. The van der Waals surface area contributed by atoms with Crippen LogP contribution in [0.5, 0.6) is 0 Å². The molecule has 0 aliphatic carbocycles. The molecule has 0 unspecified atom stereocenters. The number of nitrogens with zero attached hydrogens (tertiary/aromatic N) is 1. The topological polar surface area (TPSA) is 65.1 Å². The van der Waals surface area contributed by atoms with Gasteiger partial charge >= 0.3 is 5.97 Å². The average Bonchev–Trinajstić information content (AvgIpc) is 2.73. The van der Waals surface area contributed by atoms with Crippen molar-refractivity contribution in [2.24, 2.45) is 0 Å². The van der Waals surface area contributed by atoms with E-state index in [0.717, 1.165) is 12.8 Å². The summed E-state index contributed by atoms with van der Waals surface area (Å²) in [6, 6.07) is 0. The summed E-state index contributed by atoms with van der Waals surface area (Å²) in [6.45, 7) is 6.58. The van der Waals surface area contributed by atoms with E-state index in [-0.39, 0.29) is 18.3 Å². The second-order valence-corrected chi connectivity index (χ2v) is 7.97. The van der Waals surface area contributed by atoms with Gasteiger partial charge in [0.05, 0.1) is 32.8 Å². The van der Waals surface area contributed by atoms with Crippen molar-refractivity contribution in [3.63, 3.8) is 0 Å². The third-order valence-corrected chi connectivity index (χ3v) is 5.23. The molecule has 0 heterocycles. The Morgan fingerprint density at radius 1 is 0.700 bits per heavy atom. The van der Waals surface area contributed by atoms with Gasteiger partial charge in [-0.25, -0.2) is 0 Å². The highest BCUT2D eigenvalue weighted by molar-refractivity contribution is 5.75. The molecule has 6 nitrogen and oxygen atoms in total. The Hall–Kier alpha value is -1.14. The Morgan fingerprint density at radius 3 is 1.80 bits per heavy atom. The minimum Gasteiger partial charge on any atom is -0.466 e. The van der Waals surface area contributed by atoms with Gasteiger partial charge in [-0.05, 0) is 6.42 Å². The summed E-state index contributed by atoms with van der Waals surface area (Å²) < 4.78 is 15.6. The van der Waals surface area contributed by atoms with Crippen molar-refractivity contribution in [2.45, 2.75) is 97.3 Å². The van der Waals surface area contributed by atoms with Gasteiger partial charge in [0.25, 0.3) is 0 Å². The van der Waals surface area contributed by atoms with Crippen LogP contribution in [0.25, 0.3) is 0 Å². The molecule has 0 atom stereocenters. The predicted octanol–water partition coefficient (Wildman–Crippen LogP) is 5.13. The van der Waals surface area contributed by atoms with E-state index >= 15 is 0 Å². The third kappa shape index (κ3) is 20.1. The monoisotopic (exact) mass is 429 g/mol. The number of amides is 1. The molecule has 0 aromatic heterocycles. The van der Waals surface area contributed by atoms with Gasteiger partial charge in [0.1, 0.15) is 0 Å². The van der Waals surface area contributed by atoms with E-state index in [1.54, 1.807) is 12.0 Å². The van der Waals surface area contributed by atoms with Crippen LogP contribution in [-0.2, 0) is 23.8 Å². The molecule has 0 radical (unpaired) electrons. The second-order valence-electron chi connectivity index (χ2n) is 7.97. The Labute approximate surface area is 185 Å². The molecular weight excluding hydrogens is 382 g/mol. The SMILES string of the molecule is CCCCCCCCCCCCCCOC(=O)CCN(CCOCCOC)C(C)=O. The highest BCUT2D eigenvalue weighted by Gasteiger charge is 2.11. The summed E-state index contributed by atoms with van der Waals surface area (Å²) in [7, 11) is 1.62. The maximum Gasteiger partial charge on any atom is 0.307 e. The van der Waals surface area contributed by atoms with E-state index in [1.807, 2.05) is 0 Å². The molecule has 0 fully saturated rings. The quantitative estimate of drug-likeness (QED) is 0.176. The summed E-state index contributed by atoms with van der Waals surface area (Å²) in [4.78, 5) is 25.2. The van der Waals surface area contributed by atoms with E-state index in [4.69, 9.17) is 14.2 Å². The van der Waals surface area contributed by atoms with Crippen LogP contribution in [-0.4, -0.2) is 63.4 Å². The molecule has 0 aliphatic heterocycles. The number of unbranched alkanes of at least 4 members (excludes halogenated alkanes) is 11. The number of rotatable bonds is 22. The summed E-state index contributed by atoms with van der Waals surface area (Å²) >= 11 is 0. The molecule has 0 saturated heterocycles. The number of hydrogen-bond acceptors (Lipinski definition) is 5. The van der Waals surface area contributed by atoms with Crippen molar-refractivity contribution < 1.29 is 23.8 Å². The van der Waals surface area contributed by atoms with Crippen LogP contribution in [0.4, 0.5) is 0 Å². The van der Waals surface area contributed by atoms with Crippen molar-refractivity contribution in [1.29, 1.82) is 0 Å². The zero-order chi connectivity index (χ0) is 22.3. The van der Waals surface area contributed by atoms with E-state index < -0.39 is 0 Å². The molecular formula is C24H47NO5. The molecule has 1 amide bonds. The first-order valence-electron chi connectivity index (χ1n) is 12.1. The van der Waals surface area contributed by atoms with Crippen LogP contribution in [0.2, 0.25) is 0 Å². The van der Waals surface area contributed by atoms with Crippen LogP contribution in [0.1, 0.15) is 97.3 Å². The zero-order valence-corrected chi connectivity index (χ0v) is 19.9. The molecule has 0 aromatic rings.